The summed E-state index contributed by atoms with van der Waals surface area (Å²) in [6, 6.07) is 0. The van der Waals surface area contributed by atoms with Gasteiger partial charge in [-0.15, -0.1) is 0 Å². The quantitative estimate of drug-likeness (QED) is 0.378. The van der Waals surface area contributed by atoms with Gasteiger partial charge in [-0.05, 0) is 25.0 Å². The van der Waals surface area contributed by atoms with Gasteiger partial charge in [0.25, 0.3) is 0 Å². The Labute approximate surface area is 82.6 Å². The number of aliphatic hydroxyl groups excluding tert-OH is 2. The first-order valence-electron chi connectivity index (χ1n) is 3.99. The van der Waals surface area contributed by atoms with Crippen molar-refractivity contribution in [2.24, 2.45) is 0 Å². The number of hydrogen-bond donors (Lipinski definition) is 2. The Morgan fingerprint density at radius 1 is 0.786 bits per heavy atom. The number of unbranched alkanes of at least 4 members (excludes halogenated alkanes) is 3. The Kier molecular flexibility index (Phi) is 39.4. The average molecular weight is 202 g/mol. The third-order valence-electron chi connectivity index (χ3n) is 1.07. The van der Waals surface area contributed by atoms with Gasteiger partial charge in [-0.3, -0.25) is 9.59 Å². The first kappa shape index (κ1) is 18.5. The van der Waals surface area contributed by atoms with E-state index in [2.05, 4.69) is 0 Å². The molecule has 0 radical (unpaired) electrons. The molecule has 0 aliphatic rings. The summed E-state index contributed by atoms with van der Waals surface area (Å²) in [5, 5.41) is 30.1. The van der Waals surface area contributed by atoms with Crippen molar-refractivity contribution in [1.29, 1.82) is 0 Å². The number of aliphatic hydroxyl groups is 2. The van der Waals surface area contributed by atoms with Gasteiger partial charge in [0.1, 0.15) is 0 Å². The van der Waals surface area contributed by atoms with Crippen LogP contribution in [0.5, 0.6) is 0 Å². The second-order valence-corrected chi connectivity index (χ2v) is 2.04. The highest BCUT2D eigenvalue weighted by Crippen LogP contribution is 1.96. The molecule has 82 valence electrons. The van der Waals surface area contributed by atoms with E-state index < -0.39 is 0 Å². The third-order valence-corrected chi connectivity index (χ3v) is 1.07. The van der Waals surface area contributed by atoms with Crippen LogP contribution in [-0.2, 0) is 9.59 Å². The van der Waals surface area contributed by atoms with Gasteiger partial charge in [-0.2, -0.15) is 0 Å². The van der Waals surface area contributed by atoms with E-state index in [-0.39, 0.29) is 13.2 Å². The van der Waals surface area contributed by atoms with Gasteiger partial charge in [0.05, 0.1) is 0 Å². The van der Waals surface area contributed by atoms with Crippen LogP contribution in [0.1, 0.15) is 25.7 Å². The number of nitrogens with zero attached hydrogens (tertiary/aromatic N) is 2. The van der Waals surface area contributed by atoms with Gasteiger partial charge in [0.15, 0.2) is 0 Å². The van der Waals surface area contributed by atoms with Crippen molar-refractivity contribution < 1.29 is 19.8 Å². The minimum atomic E-state index is 0.283. The fourth-order valence-corrected chi connectivity index (χ4v) is 0.577. The third kappa shape index (κ3) is 73.9. The molecule has 0 rings (SSSR count). The minimum Gasteiger partial charge on any atom is -0.724 e. The number of carbonyl (C=O) groups excluding carboxylic acids is 2. The highest BCUT2D eigenvalue weighted by molar-refractivity contribution is 5.37. The Balaban J connectivity index is -0.000000168. The van der Waals surface area contributed by atoms with Crippen LogP contribution in [0.4, 0.5) is 0 Å². The molecule has 0 fully saturated rings. The summed E-state index contributed by atoms with van der Waals surface area (Å²) in [6.45, 7) is 0.566. The minimum absolute atomic E-state index is 0.283. The Morgan fingerprint density at radius 3 is 1.14 bits per heavy atom. The van der Waals surface area contributed by atoms with Crippen molar-refractivity contribution in [3.63, 3.8) is 0 Å². The molecule has 14 heavy (non-hydrogen) atoms. The van der Waals surface area contributed by atoms with Gasteiger partial charge >= 0.3 is 0 Å². The predicted molar refractivity (Wildman–Crippen MR) is 50.7 cm³/mol. The molecule has 0 spiro atoms. The van der Waals surface area contributed by atoms with E-state index in [1.807, 2.05) is 0 Å². The van der Waals surface area contributed by atoms with Gasteiger partial charge < -0.3 is 21.0 Å². The molecule has 2 N–H and O–H groups in total. The maximum atomic E-state index is 8.30. The van der Waals surface area contributed by atoms with Crippen LogP contribution >= 0.6 is 0 Å². The number of rotatable bonds is 5. The maximum Gasteiger partial charge on any atom is 0.0431 e. The Morgan fingerprint density at radius 2 is 1.00 bits per heavy atom. The second kappa shape index (κ2) is 29.9. The first-order chi connectivity index (χ1) is 6.74. The predicted octanol–water partition coefficient (Wildman–Crippen LogP) is 0.315. The molecule has 6 heteroatoms. The molecule has 0 saturated heterocycles. The lowest BCUT2D eigenvalue weighted by atomic mass is 10.2. The highest BCUT2D eigenvalue weighted by Gasteiger charge is 1.84. The fourth-order valence-electron chi connectivity index (χ4n) is 0.577. The van der Waals surface area contributed by atoms with Gasteiger partial charge in [-0.1, -0.05) is 12.8 Å². The molecule has 0 atom stereocenters. The van der Waals surface area contributed by atoms with Crippen LogP contribution in [0.25, 0.3) is 10.8 Å². The first-order valence-corrected chi connectivity index (χ1v) is 3.99. The van der Waals surface area contributed by atoms with E-state index in [1.54, 1.807) is 0 Å². The molecule has 0 aliphatic heterocycles. The molecule has 0 unspecified atom stereocenters. The largest absolute Gasteiger partial charge is 0.724 e. The van der Waals surface area contributed by atoms with Crippen molar-refractivity contribution in [2.75, 3.05) is 13.2 Å². The molecule has 0 amide bonds. The lowest BCUT2D eigenvalue weighted by Gasteiger charge is -1.93. The average Bonchev–Trinajstić information content (AvgIpc) is 2.15. The van der Waals surface area contributed by atoms with Crippen molar-refractivity contribution in [2.45, 2.75) is 25.7 Å². The lowest BCUT2D eigenvalue weighted by molar-refractivity contribution is 0.265. The Bertz CT molecular complexity index is 131. The molecule has 6 nitrogen and oxygen atoms in total. The number of isocyanates is 2. The molecule has 0 aliphatic carbocycles. The molecular weight excluding hydrogens is 188 g/mol. The molecule has 0 aromatic carbocycles. The lowest BCUT2D eigenvalue weighted by Crippen LogP contribution is -1.85. The van der Waals surface area contributed by atoms with Crippen molar-refractivity contribution in [1.82, 2.24) is 0 Å². The summed E-state index contributed by atoms with van der Waals surface area (Å²) in [5.41, 5.74) is 0. The summed E-state index contributed by atoms with van der Waals surface area (Å²) in [7, 11) is 0. The highest BCUT2D eigenvalue weighted by atomic mass is 16.3. The molecule has 0 heterocycles. The van der Waals surface area contributed by atoms with E-state index in [9.17, 15) is 0 Å². The molecule has 0 bridgehead atoms. The summed E-state index contributed by atoms with van der Waals surface area (Å²) in [6.07, 6.45) is 4.83. The van der Waals surface area contributed by atoms with Gasteiger partial charge in [-0.25, -0.2) is 0 Å². The molecule has 0 aromatic rings. The van der Waals surface area contributed by atoms with Crippen LogP contribution < -0.4 is 0 Å². The van der Waals surface area contributed by atoms with Crippen LogP contribution in [-0.4, -0.2) is 35.6 Å². The van der Waals surface area contributed by atoms with Crippen LogP contribution in [0.15, 0.2) is 0 Å². The fraction of sp³-hybridized carbons (Fsp3) is 0.750. The zero-order chi connectivity index (χ0) is 11.7. The summed E-state index contributed by atoms with van der Waals surface area (Å²) in [4.78, 5) is 16.5. The van der Waals surface area contributed by atoms with Crippen LogP contribution in [0.3, 0.4) is 0 Å². The van der Waals surface area contributed by atoms with Crippen LogP contribution in [0, 0.1) is 0 Å². The smallest absolute Gasteiger partial charge is 0.0431 e. The monoisotopic (exact) mass is 202 g/mol. The van der Waals surface area contributed by atoms with Gasteiger partial charge in [0, 0.05) is 13.2 Å². The van der Waals surface area contributed by atoms with E-state index in [0.717, 1.165) is 25.7 Å². The SMILES string of the molecule is OCCCCCCO.[N-]=C=O.[N-]=C=O. The van der Waals surface area contributed by atoms with Crippen molar-refractivity contribution >= 4 is 12.2 Å². The van der Waals surface area contributed by atoms with E-state index in [1.165, 1.54) is 0 Å². The molecule has 0 aromatic heterocycles. The van der Waals surface area contributed by atoms with Crippen LogP contribution in [0.2, 0.25) is 0 Å². The normalized spacial score (nSPS) is 6.71. The topological polar surface area (TPSA) is 119 Å². The van der Waals surface area contributed by atoms with E-state index in [0.29, 0.717) is 12.2 Å². The zero-order valence-electron chi connectivity index (χ0n) is 7.85. The standard InChI is InChI=1S/C6H14O2.2CNO/c7-5-3-1-2-4-6-8;2*2-1-3/h7-8H,1-6H2;;/q;2*-1. The number of hydrogen-bond acceptors (Lipinski definition) is 4. The molecular formula is C8H14N2O4-2. The summed E-state index contributed by atoms with van der Waals surface area (Å²) in [5.74, 6) is 0. The zero-order valence-corrected chi connectivity index (χ0v) is 7.85. The summed E-state index contributed by atoms with van der Waals surface area (Å²) < 4.78 is 0. The Hall–Kier alpha value is -1.32. The second-order valence-electron chi connectivity index (χ2n) is 2.04. The van der Waals surface area contributed by atoms with Gasteiger partial charge in [0.2, 0.25) is 0 Å². The molecule has 0 saturated carbocycles. The van der Waals surface area contributed by atoms with E-state index in [4.69, 9.17) is 30.6 Å². The van der Waals surface area contributed by atoms with Crippen molar-refractivity contribution in [3.05, 3.63) is 10.8 Å². The summed E-state index contributed by atoms with van der Waals surface area (Å²) >= 11 is 0. The maximum absolute atomic E-state index is 8.30. The van der Waals surface area contributed by atoms with Crippen molar-refractivity contribution in [3.8, 4) is 0 Å². The van der Waals surface area contributed by atoms with E-state index >= 15 is 0 Å².